The lowest BCUT2D eigenvalue weighted by Crippen LogP contribution is -2.34. The number of allylic oxidation sites excluding steroid dienone is 2. The van der Waals surface area contributed by atoms with Gasteiger partial charge >= 0.3 is 5.97 Å². The summed E-state index contributed by atoms with van der Waals surface area (Å²) in [6.45, 7) is 1.39. The van der Waals surface area contributed by atoms with Crippen molar-refractivity contribution >= 4 is 17.6 Å². The Labute approximate surface area is 167 Å². The van der Waals surface area contributed by atoms with Crippen molar-refractivity contribution in [3.8, 4) is 0 Å². The number of nitrogens with zero attached hydrogens (tertiary/aromatic N) is 2. The lowest BCUT2D eigenvalue weighted by atomic mass is 10.0. The Kier molecular flexibility index (Phi) is 6.43. The minimum Gasteiger partial charge on any atom is -0.467 e. The average molecular weight is 398 g/mol. The molecule has 0 fully saturated rings. The highest BCUT2D eigenvalue weighted by molar-refractivity contribution is 5.92. The van der Waals surface area contributed by atoms with Gasteiger partial charge in [0.1, 0.15) is 5.76 Å². The highest BCUT2D eigenvalue weighted by Crippen LogP contribution is 2.24. The molecule has 0 spiro atoms. The van der Waals surface area contributed by atoms with Gasteiger partial charge in [-0.15, -0.1) is 0 Å². The second kappa shape index (κ2) is 9.18. The van der Waals surface area contributed by atoms with Crippen LogP contribution in [0, 0.1) is 17.0 Å². The molecular weight excluding hydrogens is 376 g/mol. The molecule has 0 bridgehead atoms. The van der Waals surface area contributed by atoms with Gasteiger partial charge in [-0.2, -0.15) is 0 Å². The first-order chi connectivity index (χ1) is 14.0. The topological polar surface area (TPSA) is 103 Å². The van der Waals surface area contributed by atoms with Crippen molar-refractivity contribution in [3.05, 3.63) is 75.4 Å². The minimum absolute atomic E-state index is 0.0773. The Morgan fingerprint density at radius 1 is 1.28 bits per heavy atom. The number of carbonyl (C=O) groups is 2. The second-order valence-electron chi connectivity index (χ2n) is 6.83. The minimum atomic E-state index is -0.702. The van der Waals surface area contributed by atoms with Crippen LogP contribution in [0.4, 0.5) is 5.69 Å². The van der Waals surface area contributed by atoms with Gasteiger partial charge in [-0.25, -0.2) is 4.79 Å². The number of esters is 1. The van der Waals surface area contributed by atoms with Gasteiger partial charge in [0.2, 0.25) is 0 Å². The van der Waals surface area contributed by atoms with Crippen LogP contribution in [-0.4, -0.2) is 28.3 Å². The number of nitro benzene ring substituents is 1. The summed E-state index contributed by atoms with van der Waals surface area (Å²) in [6.07, 6.45) is 7.34. The largest absolute Gasteiger partial charge is 0.467 e. The lowest BCUT2D eigenvalue weighted by Gasteiger charge is -2.26. The van der Waals surface area contributed by atoms with Crippen molar-refractivity contribution in [2.24, 2.45) is 0 Å². The van der Waals surface area contributed by atoms with Crippen LogP contribution in [0.15, 0.2) is 52.8 Å². The SMILES string of the molecule is Cc1cc(C(=O)OCC(=O)N(Cc2ccco2)C2=CCCCC2)ccc1[N+](=O)[O-]. The Morgan fingerprint density at radius 3 is 2.72 bits per heavy atom. The molecule has 0 saturated heterocycles. The Hall–Kier alpha value is -3.42. The first-order valence-electron chi connectivity index (χ1n) is 9.39. The van der Waals surface area contributed by atoms with Crippen molar-refractivity contribution in [2.75, 3.05) is 6.61 Å². The number of ether oxygens (including phenoxy) is 1. The Morgan fingerprint density at radius 2 is 2.10 bits per heavy atom. The van der Waals surface area contributed by atoms with E-state index >= 15 is 0 Å². The molecule has 0 atom stereocenters. The number of nitro groups is 1. The number of furan rings is 1. The molecule has 152 valence electrons. The number of benzene rings is 1. The van der Waals surface area contributed by atoms with Crippen LogP contribution in [-0.2, 0) is 16.1 Å². The van der Waals surface area contributed by atoms with Gasteiger partial charge in [0.25, 0.3) is 11.6 Å². The van der Waals surface area contributed by atoms with E-state index in [-0.39, 0.29) is 23.7 Å². The fourth-order valence-electron chi connectivity index (χ4n) is 3.25. The molecule has 0 N–H and O–H groups in total. The number of aryl methyl sites for hydroxylation is 1. The van der Waals surface area contributed by atoms with Gasteiger partial charge in [0.15, 0.2) is 6.61 Å². The Bertz CT molecular complexity index is 933. The van der Waals surface area contributed by atoms with Gasteiger partial charge in [0.05, 0.1) is 23.3 Å². The third-order valence-electron chi connectivity index (χ3n) is 4.76. The summed E-state index contributed by atoms with van der Waals surface area (Å²) < 4.78 is 10.5. The van der Waals surface area contributed by atoms with Crippen molar-refractivity contribution in [3.63, 3.8) is 0 Å². The predicted molar refractivity (Wildman–Crippen MR) is 104 cm³/mol. The van der Waals surface area contributed by atoms with Gasteiger partial charge in [0, 0.05) is 17.3 Å². The van der Waals surface area contributed by atoms with Crippen molar-refractivity contribution in [1.82, 2.24) is 4.90 Å². The maximum Gasteiger partial charge on any atom is 0.338 e. The van der Waals surface area contributed by atoms with E-state index < -0.39 is 17.5 Å². The average Bonchev–Trinajstić information content (AvgIpc) is 3.23. The number of rotatable bonds is 7. The van der Waals surface area contributed by atoms with Crippen molar-refractivity contribution in [1.29, 1.82) is 0 Å². The predicted octanol–water partition coefficient (Wildman–Crippen LogP) is 4.14. The van der Waals surface area contributed by atoms with E-state index in [2.05, 4.69) is 0 Å². The van der Waals surface area contributed by atoms with Crippen LogP contribution in [0.3, 0.4) is 0 Å². The molecule has 1 aromatic heterocycles. The standard InChI is InChI=1S/C21H22N2O6/c1-15-12-16(9-10-19(15)23(26)27)21(25)29-14-20(24)22(13-18-8-5-11-28-18)17-6-3-2-4-7-17/h5-6,8-12H,2-4,7,13-14H2,1H3. The molecule has 1 amide bonds. The summed E-state index contributed by atoms with van der Waals surface area (Å²) >= 11 is 0. The highest BCUT2D eigenvalue weighted by atomic mass is 16.6. The molecule has 1 aromatic carbocycles. The van der Waals surface area contributed by atoms with Gasteiger partial charge in [-0.1, -0.05) is 6.08 Å². The molecule has 29 heavy (non-hydrogen) atoms. The molecule has 1 aliphatic carbocycles. The van der Waals surface area contributed by atoms with E-state index in [1.807, 2.05) is 6.08 Å². The molecule has 0 saturated carbocycles. The molecule has 8 nitrogen and oxygen atoms in total. The number of hydrogen-bond donors (Lipinski definition) is 0. The van der Waals surface area contributed by atoms with E-state index in [0.717, 1.165) is 31.4 Å². The molecule has 0 radical (unpaired) electrons. The van der Waals surface area contributed by atoms with E-state index in [9.17, 15) is 19.7 Å². The van der Waals surface area contributed by atoms with Gasteiger partial charge < -0.3 is 14.1 Å². The molecule has 3 rings (SSSR count). The molecule has 8 heteroatoms. The van der Waals surface area contributed by atoms with Gasteiger partial charge in [-0.3, -0.25) is 14.9 Å². The molecule has 2 aromatic rings. The fraction of sp³-hybridized carbons (Fsp3) is 0.333. The molecular formula is C21H22N2O6. The molecule has 1 heterocycles. The third kappa shape index (κ3) is 5.10. The van der Waals surface area contributed by atoms with E-state index in [1.54, 1.807) is 30.2 Å². The van der Waals surface area contributed by atoms with Gasteiger partial charge in [-0.05, 0) is 56.9 Å². The molecule has 1 aliphatic rings. The van der Waals surface area contributed by atoms with Crippen LogP contribution in [0.1, 0.15) is 47.4 Å². The number of hydrogen-bond acceptors (Lipinski definition) is 6. The number of carbonyl (C=O) groups excluding carboxylic acids is 2. The van der Waals surface area contributed by atoms with Crippen LogP contribution >= 0.6 is 0 Å². The molecule has 0 unspecified atom stereocenters. The smallest absolute Gasteiger partial charge is 0.338 e. The summed E-state index contributed by atoms with van der Waals surface area (Å²) in [5.74, 6) is -0.407. The van der Waals surface area contributed by atoms with E-state index in [1.165, 1.54) is 18.2 Å². The zero-order chi connectivity index (χ0) is 20.8. The second-order valence-corrected chi connectivity index (χ2v) is 6.83. The third-order valence-corrected chi connectivity index (χ3v) is 4.76. The zero-order valence-electron chi connectivity index (χ0n) is 16.1. The van der Waals surface area contributed by atoms with Crippen LogP contribution < -0.4 is 0 Å². The molecule has 0 aliphatic heterocycles. The summed E-state index contributed by atoms with van der Waals surface area (Å²) in [7, 11) is 0. The Balaban J connectivity index is 1.67. The summed E-state index contributed by atoms with van der Waals surface area (Å²) in [6, 6.07) is 7.50. The monoisotopic (exact) mass is 398 g/mol. The fourth-order valence-corrected chi connectivity index (χ4v) is 3.25. The van der Waals surface area contributed by atoms with Crippen LogP contribution in [0.5, 0.6) is 0 Å². The van der Waals surface area contributed by atoms with E-state index in [4.69, 9.17) is 9.15 Å². The summed E-state index contributed by atoms with van der Waals surface area (Å²) in [5.41, 5.74) is 1.34. The van der Waals surface area contributed by atoms with Crippen molar-refractivity contribution in [2.45, 2.75) is 39.2 Å². The van der Waals surface area contributed by atoms with Crippen LogP contribution in [0.25, 0.3) is 0 Å². The first kappa shape index (κ1) is 20.3. The quantitative estimate of drug-likeness (QED) is 0.394. The maximum absolute atomic E-state index is 12.8. The lowest BCUT2D eigenvalue weighted by molar-refractivity contribution is -0.385. The summed E-state index contributed by atoms with van der Waals surface area (Å²) in [4.78, 5) is 37.1. The van der Waals surface area contributed by atoms with Crippen LogP contribution in [0.2, 0.25) is 0 Å². The highest BCUT2D eigenvalue weighted by Gasteiger charge is 2.23. The summed E-state index contributed by atoms with van der Waals surface area (Å²) in [5, 5.41) is 10.9. The maximum atomic E-state index is 12.8. The normalized spacial score (nSPS) is 13.5. The number of amides is 1. The first-order valence-corrected chi connectivity index (χ1v) is 9.39. The van der Waals surface area contributed by atoms with Crippen molar-refractivity contribution < 1.29 is 23.7 Å². The van der Waals surface area contributed by atoms with E-state index in [0.29, 0.717) is 11.3 Å². The zero-order valence-corrected chi connectivity index (χ0v) is 16.1.